The lowest BCUT2D eigenvalue weighted by molar-refractivity contribution is 0.0496. The number of hydrogen-bond donors (Lipinski definition) is 1. The molecule has 7 heteroatoms. The lowest BCUT2D eigenvalue weighted by Crippen LogP contribution is -2.33. The Morgan fingerprint density at radius 1 is 1.30 bits per heavy atom. The summed E-state index contributed by atoms with van der Waals surface area (Å²) in [7, 11) is 0. The van der Waals surface area contributed by atoms with Gasteiger partial charge in [-0.25, -0.2) is 9.78 Å². The molecule has 2 heterocycles. The van der Waals surface area contributed by atoms with Gasteiger partial charge >= 0.3 is 5.97 Å². The van der Waals surface area contributed by atoms with E-state index in [1.807, 2.05) is 13.8 Å². The number of hydrogen-bond acceptors (Lipinski definition) is 6. The van der Waals surface area contributed by atoms with E-state index in [0.717, 1.165) is 38.5 Å². The van der Waals surface area contributed by atoms with Crippen LogP contribution in [0.4, 0.5) is 5.95 Å². The van der Waals surface area contributed by atoms with Crippen molar-refractivity contribution in [1.82, 2.24) is 14.5 Å². The summed E-state index contributed by atoms with van der Waals surface area (Å²) < 4.78 is 6.96. The molecule has 0 radical (unpaired) electrons. The Morgan fingerprint density at radius 3 is 2.67 bits per heavy atom. The van der Waals surface area contributed by atoms with Crippen LogP contribution in [0.1, 0.15) is 74.5 Å². The Hall–Kier alpha value is -2.44. The summed E-state index contributed by atoms with van der Waals surface area (Å²) in [5.41, 5.74) is 6.71. The molecular weight excluding hydrogens is 344 g/mol. The van der Waals surface area contributed by atoms with E-state index in [1.54, 1.807) is 10.6 Å². The molecule has 0 aliphatic heterocycles. The second-order valence-electron chi connectivity index (χ2n) is 7.54. The first-order chi connectivity index (χ1) is 12.9. The van der Waals surface area contributed by atoms with Crippen LogP contribution < -0.4 is 11.3 Å². The minimum absolute atomic E-state index is 0.00768. The minimum Gasteiger partial charge on any atom is -0.462 e. The highest BCUT2D eigenvalue weighted by atomic mass is 16.5. The van der Waals surface area contributed by atoms with Crippen molar-refractivity contribution in [2.75, 3.05) is 12.3 Å². The van der Waals surface area contributed by atoms with E-state index in [-0.39, 0.29) is 23.1 Å². The highest BCUT2D eigenvalue weighted by Gasteiger charge is 2.26. The third-order valence-corrected chi connectivity index (χ3v) is 5.40. The fraction of sp³-hybridized carbons (Fsp3) is 0.600. The van der Waals surface area contributed by atoms with Crippen molar-refractivity contribution in [3.8, 4) is 0 Å². The summed E-state index contributed by atoms with van der Waals surface area (Å²) in [5, 5.41) is 0.671. The van der Waals surface area contributed by atoms with Gasteiger partial charge in [-0.2, -0.15) is 4.98 Å². The standard InChI is InChI=1S/C20H28N4O3/c1-4-5-10-27-19(26)16-11-15-13(3)22-20(21)23-17(15)24(18(16)25)14-8-6-12(2)7-9-14/h11-12,14H,4-10H2,1-3H3,(H2,21,22,23). The Kier molecular flexibility index (Phi) is 5.77. The molecule has 7 nitrogen and oxygen atoms in total. The van der Waals surface area contributed by atoms with Crippen molar-refractivity contribution < 1.29 is 9.53 Å². The molecule has 27 heavy (non-hydrogen) atoms. The molecule has 0 atom stereocenters. The molecule has 1 saturated carbocycles. The third kappa shape index (κ3) is 3.96. The second kappa shape index (κ2) is 8.06. The first-order valence-corrected chi connectivity index (χ1v) is 9.78. The summed E-state index contributed by atoms with van der Waals surface area (Å²) in [6.07, 6.45) is 5.54. The zero-order valence-corrected chi connectivity index (χ0v) is 16.3. The van der Waals surface area contributed by atoms with Gasteiger partial charge in [-0.3, -0.25) is 9.36 Å². The number of nitrogens with two attached hydrogens (primary N) is 1. The molecule has 0 spiro atoms. The SMILES string of the molecule is CCCCOC(=O)c1cc2c(C)nc(N)nc2n(C2CCC(C)CC2)c1=O. The fourth-order valence-electron chi connectivity index (χ4n) is 3.74. The summed E-state index contributed by atoms with van der Waals surface area (Å²) >= 11 is 0. The van der Waals surface area contributed by atoms with E-state index in [9.17, 15) is 9.59 Å². The maximum absolute atomic E-state index is 13.2. The maximum Gasteiger partial charge on any atom is 0.343 e. The molecule has 0 unspecified atom stereocenters. The van der Waals surface area contributed by atoms with Gasteiger partial charge in [0.15, 0.2) is 0 Å². The van der Waals surface area contributed by atoms with Gasteiger partial charge in [0.25, 0.3) is 5.56 Å². The number of rotatable bonds is 5. The highest BCUT2D eigenvalue weighted by Crippen LogP contribution is 2.33. The molecule has 0 amide bonds. The molecule has 1 aliphatic carbocycles. The minimum atomic E-state index is -0.579. The van der Waals surface area contributed by atoms with Crippen molar-refractivity contribution >= 4 is 23.0 Å². The van der Waals surface area contributed by atoms with Crippen LogP contribution in [0.2, 0.25) is 0 Å². The van der Waals surface area contributed by atoms with Crippen LogP contribution >= 0.6 is 0 Å². The number of carbonyl (C=O) groups excluding carboxylic acids is 1. The molecule has 3 rings (SSSR count). The van der Waals surface area contributed by atoms with Crippen molar-refractivity contribution in [3.05, 3.63) is 27.7 Å². The van der Waals surface area contributed by atoms with Gasteiger partial charge in [-0.05, 0) is 51.0 Å². The molecule has 146 valence electrons. The largest absolute Gasteiger partial charge is 0.462 e. The number of aromatic nitrogens is 3. The second-order valence-corrected chi connectivity index (χ2v) is 7.54. The number of ether oxygens (including phenoxy) is 1. The van der Waals surface area contributed by atoms with Gasteiger partial charge in [0.2, 0.25) is 5.95 Å². The zero-order chi connectivity index (χ0) is 19.6. The smallest absolute Gasteiger partial charge is 0.343 e. The molecule has 2 aromatic heterocycles. The maximum atomic E-state index is 13.2. The van der Waals surface area contributed by atoms with E-state index in [0.29, 0.717) is 29.3 Å². The van der Waals surface area contributed by atoms with Crippen LogP contribution in [-0.2, 0) is 4.74 Å². The van der Waals surface area contributed by atoms with E-state index < -0.39 is 5.97 Å². The van der Waals surface area contributed by atoms with Crippen molar-refractivity contribution in [2.24, 2.45) is 5.92 Å². The van der Waals surface area contributed by atoms with E-state index in [4.69, 9.17) is 10.5 Å². The predicted octanol–water partition coefficient (Wildman–Crippen LogP) is 3.39. The normalized spacial score (nSPS) is 20.0. The molecule has 1 fully saturated rings. The van der Waals surface area contributed by atoms with Crippen LogP contribution in [0, 0.1) is 12.8 Å². The predicted molar refractivity (Wildman–Crippen MR) is 105 cm³/mol. The number of nitrogens with zero attached hydrogens (tertiary/aromatic N) is 3. The monoisotopic (exact) mass is 372 g/mol. The Balaban J connectivity index is 2.13. The quantitative estimate of drug-likeness (QED) is 0.638. The molecule has 1 aliphatic rings. The molecule has 2 N–H and O–H groups in total. The number of aryl methyl sites for hydroxylation is 1. The number of carbonyl (C=O) groups is 1. The van der Waals surface area contributed by atoms with Crippen molar-refractivity contribution in [1.29, 1.82) is 0 Å². The molecule has 0 saturated heterocycles. The summed E-state index contributed by atoms with van der Waals surface area (Å²) in [6, 6.07) is 1.57. The average Bonchev–Trinajstić information content (AvgIpc) is 2.62. The van der Waals surface area contributed by atoms with Crippen molar-refractivity contribution in [3.63, 3.8) is 0 Å². The van der Waals surface area contributed by atoms with Gasteiger partial charge in [0.1, 0.15) is 11.2 Å². The number of nitrogen functional groups attached to an aromatic ring is 1. The molecular formula is C20H28N4O3. The molecule has 2 aromatic rings. The first kappa shape index (κ1) is 19.3. The summed E-state index contributed by atoms with van der Waals surface area (Å²) in [6.45, 7) is 6.37. The molecule has 0 aromatic carbocycles. The fourth-order valence-corrected chi connectivity index (χ4v) is 3.74. The average molecular weight is 372 g/mol. The Bertz CT molecular complexity index is 898. The third-order valence-electron chi connectivity index (χ3n) is 5.40. The van der Waals surface area contributed by atoms with E-state index >= 15 is 0 Å². The van der Waals surface area contributed by atoms with Gasteiger partial charge in [0, 0.05) is 11.4 Å². The lowest BCUT2D eigenvalue weighted by atomic mass is 9.87. The zero-order valence-electron chi connectivity index (χ0n) is 16.3. The van der Waals surface area contributed by atoms with Gasteiger partial charge in [0.05, 0.1) is 12.3 Å². The van der Waals surface area contributed by atoms with E-state index in [2.05, 4.69) is 16.9 Å². The van der Waals surface area contributed by atoms with Crippen LogP contribution in [0.3, 0.4) is 0 Å². The van der Waals surface area contributed by atoms with Crippen molar-refractivity contribution in [2.45, 2.75) is 65.3 Å². The number of fused-ring (bicyclic) bond motifs is 1. The van der Waals surface area contributed by atoms with Gasteiger partial charge < -0.3 is 10.5 Å². The number of esters is 1. The topological polar surface area (TPSA) is 100 Å². The Labute approximate surface area is 158 Å². The lowest BCUT2D eigenvalue weighted by Gasteiger charge is -2.29. The first-order valence-electron chi connectivity index (χ1n) is 9.78. The number of anilines is 1. The van der Waals surface area contributed by atoms with Gasteiger partial charge in [-0.15, -0.1) is 0 Å². The van der Waals surface area contributed by atoms with E-state index in [1.165, 1.54) is 0 Å². The number of pyridine rings is 1. The number of unbranched alkanes of at least 4 members (excludes halogenated alkanes) is 1. The molecule has 0 bridgehead atoms. The van der Waals surface area contributed by atoms with Crippen LogP contribution in [0.15, 0.2) is 10.9 Å². The summed E-state index contributed by atoms with van der Waals surface area (Å²) in [4.78, 5) is 34.3. The van der Waals surface area contributed by atoms with Crippen LogP contribution in [0.5, 0.6) is 0 Å². The van der Waals surface area contributed by atoms with Crippen LogP contribution in [-0.4, -0.2) is 27.1 Å². The van der Waals surface area contributed by atoms with Gasteiger partial charge in [-0.1, -0.05) is 20.3 Å². The van der Waals surface area contributed by atoms with Crippen LogP contribution in [0.25, 0.3) is 11.0 Å². The highest BCUT2D eigenvalue weighted by molar-refractivity contribution is 5.93. The summed E-state index contributed by atoms with van der Waals surface area (Å²) in [5.74, 6) is 0.201. The Morgan fingerprint density at radius 2 is 2.00 bits per heavy atom.